The van der Waals surface area contributed by atoms with Gasteiger partial charge in [-0.1, -0.05) is 18.2 Å². The second kappa shape index (κ2) is 9.94. The lowest BCUT2D eigenvalue weighted by Crippen LogP contribution is -2.26. The van der Waals surface area contributed by atoms with Crippen molar-refractivity contribution in [1.29, 1.82) is 0 Å². The van der Waals surface area contributed by atoms with Crippen molar-refractivity contribution in [3.8, 4) is 11.5 Å². The van der Waals surface area contributed by atoms with Gasteiger partial charge in [0.15, 0.2) is 11.3 Å². The monoisotopic (exact) mass is 516 g/mol. The van der Waals surface area contributed by atoms with Crippen LogP contribution in [0, 0.1) is 0 Å². The van der Waals surface area contributed by atoms with Crippen molar-refractivity contribution in [2.45, 2.75) is 12.8 Å². The number of hydrogen-bond donors (Lipinski definition) is 3. The Hall–Kier alpha value is -4.77. The molecular formula is C27H28N6O5. The zero-order valence-corrected chi connectivity index (χ0v) is 21.5. The lowest BCUT2D eigenvalue weighted by atomic mass is 10.0. The van der Waals surface area contributed by atoms with Gasteiger partial charge in [-0.3, -0.25) is 9.63 Å². The molecule has 3 aromatic heterocycles. The Morgan fingerprint density at radius 2 is 1.84 bits per heavy atom. The Bertz CT molecular complexity index is 1660. The first kappa shape index (κ1) is 24.9. The van der Waals surface area contributed by atoms with E-state index in [1.165, 1.54) is 12.2 Å². The highest BCUT2D eigenvalue weighted by Crippen LogP contribution is 2.41. The summed E-state index contributed by atoms with van der Waals surface area (Å²) in [5.74, 6) is 1.72. The first-order valence-corrected chi connectivity index (χ1v) is 11.8. The number of carbonyl (C=O) groups is 1. The summed E-state index contributed by atoms with van der Waals surface area (Å²) in [6, 6.07) is 11.5. The number of aromatic nitrogens is 3. The van der Waals surface area contributed by atoms with Crippen LogP contribution in [0.4, 0.5) is 11.8 Å². The highest BCUT2D eigenvalue weighted by molar-refractivity contribution is 6.01. The van der Waals surface area contributed by atoms with Crippen molar-refractivity contribution in [3.63, 3.8) is 0 Å². The predicted molar refractivity (Wildman–Crippen MR) is 143 cm³/mol. The van der Waals surface area contributed by atoms with Crippen LogP contribution in [0.2, 0.25) is 0 Å². The fourth-order valence-corrected chi connectivity index (χ4v) is 4.60. The number of furan rings is 1. The molecule has 3 heterocycles. The highest BCUT2D eigenvalue weighted by Gasteiger charge is 2.24. The second-order valence-electron chi connectivity index (χ2n) is 8.73. The molecule has 0 bridgehead atoms. The van der Waals surface area contributed by atoms with Crippen LogP contribution in [0.15, 0.2) is 47.0 Å². The van der Waals surface area contributed by atoms with Gasteiger partial charge in [-0.25, -0.2) is 10.0 Å². The van der Waals surface area contributed by atoms with E-state index in [-0.39, 0.29) is 11.9 Å². The van der Waals surface area contributed by atoms with Crippen LogP contribution in [0.5, 0.6) is 11.5 Å². The lowest BCUT2D eigenvalue weighted by molar-refractivity contribution is -0.0760. The molecule has 0 radical (unpaired) electrons. The number of nitrogen functional groups attached to an aromatic ring is 2. The van der Waals surface area contributed by atoms with Gasteiger partial charge in [0.05, 0.1) is 21.3 Å². The number of aromatic amines is 1. The average Bonchev–Trinajstić information content (AvgIpc) is 3.51. The molecule has 1 amide bonds. The van der Waals surface area contributed by atoms with E-state index in [2.05, 4.69) is 15.0 Å². The number of nitrogens with one attached hydrogen (secondary N) is 1. The third-order valence-electron chi connectivity index (χ3n) is 6.52. The number of carbonyl (C=O) groups excluding carboxylic acids is 1. The van der Waals surface area contributed by atoms with Crippen LogP contribution in [0.3, 0.4) is 0 Å². The molecule has 0 aliphatic carbocycles. The van der Waals surface area contributed by atoms with Crippen molar-refractivity contribution in [2.75, 3.05) is 39.8 Å². The molecule has 0 fully saturated rings. The molecule has 11 heteroatoms. The van der Waals surface area contributed by atoms with Gasteiger partial charge in [0.1, 0.15) is 17.3 Å². The molecule has 5 N–H and O–H groups in total. The molecule has 5 rings (SSSR count). The summed E-state index contributed by atoms with van der Waals surface area (Å²) in [5.41, 5.74) is 15.9. The molecule has 5 aromatic rings. The third kappa shape index (κ3) is 4.33. The molecule has 0 aliphatic rings. The van der Waals surface area contributed by atoms with Crippen molar-refractivity contribution < 1.29 is 23.5 Å². The number of nitrogens with zero attached hydrogens (tertiary/aromatic N) is 3. The van der Waals surface area contributed by atoms with E-state index < -0.39 is 0 Å². The van der Waals surface area contributed by atoms with Crippen molar-refractivity contribution in [1.82, 2.24) is 20.0 Å². The van der Waals surface area contributed by atoms with E-state index in [4.69, 9.17) is 30.2 Å². The number of anilines is 2. The molecular weight excluding hydrogens is 488 g/mol. The molecule has 38 heavy (non-hydrogen) atoms. The van der Waals surface area contributed by atoms with Crippen molar-refractivity contribution in [3.05, 3.63) is 70.7 Å². The third-order valence-corrected chi connectivity index (χ3v) is 6.52. The Morgan fingerprint density at radius 1 is 1.05 bits per heavy atom. The molecule has 11 nitrogen and oxygen atoms in total. The number of methoxy groups -OCH3 is 2. The van der Waals surface area contributed by atoms with E-state index >= 15 is 0 Å². The summed E-state index contributed by atoms with van der Waals surface area (Å²) >= 11 is 0. The fourth-order valence-electron chi connectivity index (χ4n) is 4.60. The first-order valence-electron chi connectivity index (χ1n) is 11.8. The number of benzene rings is 2. The zero-order chi connectivity index (χ0) is 27.0. The van der Waals surface area contributed by atoms with Crippen LogP contribution in [0.25, 0.3) is 21.9 Å². The van der Waals surface area contributed by atoms with Gasteiger partial charge in [0, 0.05) is 47.9 Å². The van der Waals surface area contributed by atoms with Crippen LogP contribution >= 0.6 is 0 Å². The van der Waals surface area contributed by atoms with Crippen molar-refractivity contribution in [2.24, 2.45) is 0 Å². The zero-order valence-electron chi connectivity index (χ0n) is 21.5. The van der Waals surface area contributed by atoms with Crippen LogP contribution < -0.4 is 20.9 Å². The molecule has 0 aliphatic heterocycles. The fraction of sp³-hybridized carbons (Fsp3) is 0.222. The number of rotatable bonds is 8. The minimum absolute atomic E-state index is 0.109. The van der Waals surface area contributed by atoms with Gasteiger partial charge in [0.25, 0.3) is 5.91 Å². The number of nitrogens with two attached hydrogens (primary N) is 2. The molecule has 0 spiro atoms. The summed E-state index contributed by atoms with van der Waals surface area (Å²) in [5, 5.41) is 2.91. The summed E-state index contributed by atoms with van der Waals surface area (Å²) in [6.07, 6.45) is 2.37. The maximum Gasteiger partial charge on any atom is 0.293 e. The number of fused-ring (bicyclic) bond motifs is 2. The minimum atomic E-state index is -0.298. The molecule has 0 saturated heterocycles. The van der Waals surface area contributed by atoms with Crippen LogP contribution in [0.1, 0.15) is 32.9 Å². The normalized spacial score (nSPS) is 11.3. The van der Waals surface area contributed by atoms with E-state index in [9.17, 15) is 4.79 Å². The number of hydroxylamine groups is 2. The predicted octanol–water partition coefficient (Wildman–Crippen LogP) is 3.70. The maximum atomic E-state index is 13.1. The summed E-state index contributed by atoms with van der Waals surface area (Å²) in [7, 11) is 6.13. The molecule has 0 saturated carbocycles. The maximum absolute atomic E-state index is 13.1. The van der Waals surface area contributed by atoms with E-state index in [1.54, 1.807) is 27.5 Å². The summed E-state index contributed by atoms with van der Waals surface area (Å²) in [4.78, 5) is 29.6. The van der Waals surface area contributed by atoms with Gasteiger partial charge < -0.3 is 30.3 Å². The average molecular weight is 517 g/mol. The van der Waals surface area contributed by atoms with Gasteiger partial charge in [0.2, 0.25) is 11.7 Å². The molecule has 0 atom stereocenters. The Labute approximate surface area is 218 Å². The Balaban J connectivity index is 1.64. The van der Waals surface area contributed by atoms with Gasteiger partial charge in [-0.05, 0) is 29.3 Å². The summed E-state index contributed by atoms with van der Waals surface area (Å²) in [6.45, 7) is 0. The van der Waals surface area contributed by atoms with E-state index in [0.29, 0.717) is 52.8 Å². The number of H-pyrrole nitrogens is 1. The topological polar surface area (TPSA) is 155 Å². The first-order chi connectivity index (χ1) is 18.3. The lowest BCUT2D eigenvalue weighted by Gasteiger charge is -2.13. The number of hydrogen-bond acceptors (Lipinski definition) is 9. The quantitative estimate of drug-likeness (QED) is 0.262. The summed E-state index contributed by atoms with van der Waals surface area (Å²) < 4.78 is 17.6. The van der Waals surface area contributed by atoms with Crippen molar-refractivity contribution >= 4 is 39.5 Å². The molecule has 0 unspecified atom stereocenters. The van der Waals surface area contributed by atoms with Gasteiger partial charge >= 0.3 is 0 Å². The highest BCUT2D eigenvalue weighted by atomic mass is 16.7. The standard InChI is InChI=1S/C27H28N6O5/c1-33(37-4)26(34)22-19(17-7-5-6-8-20(17)31-22)12-16-11-18-14(9-15-13-30-27(29)32-25(15)28)10-21(35-2)24(36-3)23(18)38-16/h5-8,10-11,13,31H,9,12H2,1-4H3,(H4,28,29,30,32). The SMILES string of the molecule is COc1cc(Cc2cnc(N)nc2N)c2cc(Cc3c(C(=O)N(C)OC)[nH]c4ccccc34)oc2c1OC. The minimum Gasteiger partial charge on any atom is -0.493 e. The molecule has 196 valence electrons. The molecule has 2 aromatic carbocycles. The number of amides is 1. The van der Waals surface area contributed by atoms with Gasteiger partial charge in [-0.15, -0.1) is 0 Å². The second-order valence-corrected chi connectivity index (χ2v) is 8.73. The largest absolute Gasteiger partial charge is 0.493 e. The number of para-hydroxylation sites is 1. The van der Waals surface area contributed by atoms with Crippen LogP contribution in [-0.2, 0) is 17.7 Å². The van der Waals surface area contributed by atoms with Crippen LogP contribution in [-0.4, -0.2) is 54.3 Å². The van der Waals surface area contributed by atoms with E-state index in [0.717, 1.165) is 27.4 Å². The van der Waals surface area contributed by atoms with Gasteiger partial charge in [-0.2, -0.15) is 4.98 Å². The Kier molecular flexibility index (Phi) is 6.52. The number of ether oxygens (including phenoxy) is 2. The smallest absolute Gasteiger partial charge is 0.293 e. The van der Waals surface area contributed by atoms with E-state index in [1.807, 2.05) is 36.4 Å². The Morgan fingerprint density at radius 3 is 2.55 bits per heavy atom.